The van der Waals surface area contributed by atoms with Crippen LogP contribution in [0.1, 0.15) is 5.56 Å². The lowest BCUT2D eigenvalue weighted by molar-refractivity contribution is 1.29. The van der Waals surface area contributed by atoms with Crippen molar-refractivity contribution in [2.75, 3.05) is 0 Å². The van der Waals surface area contributed by atoms with Crippen LogP contribution < -0.4 is 0 Å². The van der Waals surface area contributed by atoms with Crippen molar-refractivity contribution in [1.82, 2.24) is 15.0 Å². The van der Waals surface area contributed by atoms with Crippen molar-refractivity contribution in [3.63, 3.8) is 0 Å². The molecule has 0 amide bonds. The van der Waals surface area contributed by atoms with Gasteiger partial charge >= 0.3 is 0 Å². The van der Waals surface area contributed by atoms with Gasteiger partial charge in [-0.25, -0.2) is 4.98 Å². The zero-order valence-electron chi connectivity index (χ0n) is 21.5. The first-order valence-corrected chi connectivity index (χ1v) is 13.1. The van der Waals surface area contributed by atoms with Crippen LogP contribution >= 0.6 is 0 Å². The molecule has 0 N–H and O–H groups in total. The summed E-state index contributed by atoms with van der Waals surface area (Å²) in [4.78, 5) is 14.0. The largest absolute Gasteiger partial charge is 0.265 e. The first-order chi connectivity index (χ1) is 19.2. The molecule has 0 aliphatic heterocycles. The van der Waals surface area contributed by atoms with E-state index < -0.39 is 0 Å². The van der Waals surface area contributed by atoms with E-state index in [0.717, 1.165) is 33.8 Å². The standard InChI is InChI=1S/C36H25N3/c1-24-20-29(25-8-3-2-4-9-25)21-27-13-14-28-22-30(23-31(36(28)35(24)27)34-10-5-6-17-38-34)33-12-7-11-32(39-33)26-15-18-37-19-16-26/h2-23H,1H3. The van der Waals surface area contributed by atoms with Crippen LogP contribution in [0, 0.1) is 6.92 Å². The molecule has 0 saturated carbocycles. The number of hydrogen-bond acceptors (Lipinski definition) is 3. The number of hydrogen-bond donors (Lipinski definition) is 0. The van der Waals surface area contributed by atoms with Gasteiger partial charge in [-0.1, -0.05) is 60.7 Å². The van der Waals surface area contributed by atoms with Gasteiger partial charge in [-0.15, -0.1) is 0 Å². The molecule has 0 bridgehead atoms. The number of aromatic nitrogens is 3. The molecule has 0 aliphatic rings. The van der Waals surface area contributed by atoms with E-state index in [4.69, 9.17) is 9.97 Å². The van der Waals surface area contributed by atoms with Crippen LogP contribution in [0.3, 0.4) is 0 Å². The van der Waals surface area contributed by atoms with Gasteiger partial charge in [-0.05, 0) is 99.8 Å². The summed E-state index contributed by atoms with van der Waals surface area (Å²) >= 11 is 0. The SMILES string of the molecule is Cc1cc(-c2ccccc2)cc2ccc3cc(-c4cccc(-c5ccncc5)n4)cc(-c4ccccn4)c3c12. The summed E-state index contributed by atoms with van der Waals surface area (Å²) in [7, 11) is 0. The Morgan fingerprint density at radius 2 is 1.15 bits per heavy atom. The second kappa shape index (κ2) is 9.62. The smallest absolute Gasteiger partial charge is 0.0710 e. The van der Waals surface area contributed by atoms with Crippen molar-refractivity contribution in [2.45, 2.75) is 6.92 Å². The van der Waals surface area contributed by atoms with Gasteiger partial charge in [0.25, 0.3) is 0 Å². The maximum atomic E-state index is 5.03. The Balaban J connectivity index is 1.48. The topological polar surface area (TPSA) is 38.7 Å². The molecule has 3 aromatic heterocycles. The fourth-order valence-electron chi connectivity index (χ4n) is 5.49. The Morgan fingerprint density at radius 3 is 1.92 bits per heavy atom. The molecule has 0 fully saturated rings. The van der Waals surface area contributed by atoms with Gasteiger partial charge in [-0.2, -0.15) is 0 Å². The van der Waals surface area contributed by atoms with Crippen molar-refractivity contribution < 1.29 is 0 Å². The molecule has 0 saturated heterocycles. The zero-order valence-corrected chi connectivity index (χ0v) is 21.5. The van der Waals surface area contributed by atoms with Gasteiger partial charge in [0, 0.05) is 35.3 Å². The lowest BCUT2D eigenvalue weighted by atomic mass is 9.89. The fourth-order valence-corrected chi connectivity index (χ4v) is 5.49. The van der Waals surface area contributed by atoms with Crippen molar-refractivity contribution in [1.29, 1.82) is 0 Å². The predicted octanol–water partition coefficient (Wildman–Crippen LogP) is 9.15. The molecular weight excluding hydrogens is 474 g/mol. The minimum atomic E-state index is 0.928. The maximum absolute atomic E-state index is 5.03. The summed E-state index contributed by atoms with van der Waals surface area (Å²) in [5, 5.41) is 4.88. The third kappa shape index (κ3) is 4.24. The van der Waals surface area contributed by atoms with Gasteiger partial charge in [0.05, 0.1) is 17.1 Å². The molecule has 0 radical (unpaired) electrons. The lowest BCUT2D eigenvalue weighted by Crippen LogP contribution is -1.93. The minimum Gasteiger partial charge on any atom is -0.265 e. The van der Waals surface area contributed by atoms with E-state index in [1.54, 1.807) is 12.4 Å². The molecule has 3 nitrogen and oxygen atoms in total. The number of pyridine rings is 3. The number of benzene rings is 4. The average molecular weight is 500 g/mol. The van der Waals surface area contributed by atoms with Gasteiger partial charge < -0.3 is 0 Å². The maximum Gasteiger partial charge on any atom is 0.0710 e. The van der Waals surface area contributed by atoms with Crippen LogP contribution in [0.15, 0.2) is 134 Å². The van der Waals surface area contributed by atoms with E-state index in [0.29, 0.717) is 0 Å². The number of nitrogens with zero attached hydrogens (tertiary/aromatic N) is 3. The number of rotatable bonds is 4. The average Bonchev–Trinajstić information content (AvgIpc) is 3.01. The summed E-state index contributed by atoms with van der Waals surface area (Å²) in [6.07, 6.45) is 5.47. The Morgan fingerprint density at radius 1 is 0.462 bits per heavy atom. The highest BCUT2D eigenvalue weighted by atomic mass is 14.7. The van der Waals surface area contributed by atoms with Crippen LogP contribution in [-0.4, -0.2) is 15.0 Å². The summed E-state index contributed by atoms with van der Waals surface area (Å²) in [6, 6.07) is 40.4. The van der Waals surface area contributed by atoms with E-state index >= 15 is 0 Å². The Hall–Kier alpha value is -5.15. The fraction of sp³-hybridized carbons (Fsp3) is 0.0278. The Labute approximate surface area is 227 Å². The molecular formula is C36H25N3. The lowest BCUT2D eigenvalue weighted by Gasteiger charge is -2.16. The first kappa shape index (κ1) is 23.0. The van der Waals surface area contributed by atoms with E-state index in [2.05, 4.69) is 103 Å². The zero-order chi connectivity index (χ0) is 26.2. The molecule has 0 atom stereocenters. The highest BCUT2D eigenvalue weighted by Gasteiger charge is 2.15. The number of fused-ring (bicyclic) bond motifs is 3. The van der Waals surface area contributed by atoms with Crippen molar-refractivity contribution in [2.24, 2.45) is 0 Å². The second-order valence-corrected chi connectivity index (χ2v) is 9.80. The van der Waals surface area contributed by atoms with E-state index in [1.807, 2.05) is 30.5 Å². The third-order valence-corrected chi connectivity index (χ3v) is 7.30. The van der Waals surface area contributed by atoms with E-state index in [1.165, 1.54) is 38.2 Å². The monoisotopic (exact) mass is 499 g/mol. The molecule has 184 valence electrons. The molecule has 3 heterocycles. The molecule has 39 heavy (non-hydrogen) atoms. The second-order valence-electron chi connectivity index (χ2n) is 9.80. The molecule has 0 unspecified atom stereocenters. The van der Waals surface area contributed by atoms with Crippen LogP contribution in [0.4, 0.5) is 0 Å². The molecule has 3 heteroatoms. The highest BCUT2D eigenvalue weighted by molar-refractivity contribution is 6.17. The molecule has 0 aliphatic carbocycles. The van der Waals surface area contributed by atoms with Gasteiger partial charge in [0.15, 0.2) is 0 Å². The van der Waals surface area contributed by atoms with Gasteiger partial charge in [0.2, 0.25) is 0 Å². The van der Waals surface area contributed by atoms with Gasteiger partial charge in [-0.3, -0.25) is 9.97 Å². The molecule has 7 rings (SSSR count). The normalized spacial score (nSPS) is 11.2. The van der Waals surface area contributed by atoms with Crippen molar-refractivity contribution in [3.8, 4) is 44.9 Å². The van der Waals surface area contributed by atoms with Crippen molar-refractivity contribution in [3.05, 3.63) is 139 Å². The Bertz CT molecular complexity index is 1950. The highest BCUT2D eigenvalue weighted by Crippen LogP contribution is 2.40. The summed E-state index contributed by atoms with van der Waals surface area (Å²) in [5.74, 6) is 0. The summed E-state index contributed by atoms with van der Waals surface area (Å²) < 4.78 is 0. The molecule has 4 aromatic carbocycles. The predicted molar refractivity (Wildman–Crippen MR) is 161 cm³/mol. The van der Waals surface area contributed by atoms with Crippen molar-refractivity contribution >= 4 is 21.5 Å². The summed E-state index contributed by atoms with van der Waals surface area (Å²) in [6.45, 7) is 2.21. The van der Waals surface area contributed by atoms with Crippen LogP contribution in [-0.2, 0) is 0 Å². The van der Waals surface area contributed by atoms with Crippen LogP contribution in [0.2, 0.25) is 0 Å². The molecule has 7 aromatic rings. The Kier molecular flexibility index (Phi) is 5.68. The minimum absolute atomic E-state index is 0.928. The van der Waals surface area contributed by atoms with Crippen LogP contribution in [0.5, 0.6) is 0 Å². The third-order valence-electron chi connectivity index (χ3n) is 7.30. The number of aryl methyl sites for hydroxylation is 1. The van der Waals surface area contributed by atoms with Gasteiger partial charge in [0.1, 0.15) is 0 Å². The quantitative estimate of drug-likeness (QED) is 0.227. The van der Waals surface area contributed by atoms with Crippen LogP contribution in [0.25, 0.3) is 66.4 Å². The molecule has 0 spiro atoms. The summed E-state index contributed by atoms with van der Waals surface area (Å²) in [5.41, 5.74) is 9.74. The van der Waals surface area contributed by atoms with E-state index in [9.17, 15) is 0 Å². The first-order valence-electron chi connectivity index (χ1n) is 13.1. The van der Waals surface area contributed by atoms with E-state index in [-0.39, 0.29) is 0 Å².